The van der Waals surface area contributed by atoms with E-state index in [1.54, 1.807) is 25.3 Å². The van der Waals surface area contributed by atoms with E-state index < -0.39 is 10.8 Å². The zero-order valence-corrected chi connectivity index (χ0v) is 14.5. The zero-order chi connectivity index (χ0) is 18.9. The largest absolute Gasteiger partial charge is 0.493 e. The number of hydrogen-bond acceptors (Lipinski definition) is 6. The van der Waals surface area contributed by atoms with Gasteiger partial charge in [0.1, 0.15) is 0 Å². The molecule has 2 aromatic rings. The fourth-order valence-electron chi connectivity index (χ4n) is 2.11. The van der Waals surface area contributed by atoms with Crippen LogP contribution < -0.4 is 14.9 Å². The zero-order valence-electron chi connectivity index (χ0n) is 14.5. The molecule has 0 aromatic heterocycles. The van der Waals surface area contributed by atoms with Crippen molar-refractivity contribution in [1.82, 2.24) is 5.43 Å². The van der Waals surface area contributed by atoms with Gasteiger partial charge in [0.15, 0.2) is 11.5 Å². The molecule has 0 bridgehead atoms. The van der Waals surface area contributed by atoms with Crippen LogP contribution in [-0.4, -0.2) is 30.8 Å². The third-order valence-electron chi connectivity index (χ3n) is 3.39. The molecule has 2 aromatic carbocycles. The first-order chi connectivity index (χ1) is 12.6. The van der Waals surface area contributed by atoms with E-state index in [0.29, 0.717) is 23.7 Å². The van der Waals surface area contributed by atoms with Crippen LogP contribution in [0.3, 0.4) is 0 Å². The van der Waals surface area contributed by atoms with E-state index in [4.69, 9.17) is 9.47 Å². The van der Waals surface area contributed by atoms with Gasteiger partial charge in [-0.1, -0.05) is 13.0 Å². The summed E-state index contributed by atoms with van der Waals surface area (Å²) < 4.78 is 11.0. The van der Waals surface area contributed by atoms with Crippen molar-refractivity contribution in [2.45, 2.75) is 13.3 Å². The Morgan fingerprint density at radius 1 is 1.27 bits per heavy atom. The highest BCUT2D eigenvalue weighted by Crippen LogP contribution is 2.30. The number of ether oxygens (including phenoxy) is 2. The summed E-state index contributed by atoms with van der Waals surface area (Å²) in [5.41, 5.74) is 3.22. The number of nitrogens with one attached hydrogen (secondary N) is 1. The number of methoxy groups -OCH3 is 1. The second kappa shape index (κ2) is 9.16. The standard InChI is InChI=1S/C18H19N3O5/c1-3-11-26-17-14(5-4-6-16(17)25-2)12-19-20-18(22)13-7-9-15(10-8-13)21(23)24/h4-10,12H,3,11H2,1-2H3,(H,20,22)/b19-12+. The molecule has 0 aliphatic rings. The lowest BCUT2D eigenvalue weighted by atomic mass is 10.2. The van der Waals surface area contributed by atoms with Gasteiger partial charge in [-0.15, -0.1) is 0 Å². The third kappa shape index (κ3) is 4.79. The van der Waals surface area contributed by atoms with E-state index in [0.717, 1.165) is 6.42 Å². The number of amides is 1. The van der Waals surface area contributed by atoms with Gasteiger partial charge in [-0.05, 0) is 30.7 Å². The van der Waals surface area contributed by atoms with E-state index in [1.807, 2.05) is 6.92 Å². The molecule has 0 saturated carbocycles. The SMILES string of the molecule is CCCOc1c(/C=N/NC(=O)c2ccc([N+](=O)[O-])cc2)cccc1OC. The molecule has 8 nitrogen and oxygen atoms in total. The van der Waals surface area contributed by atoms with E-state index >= 15 is 0 Å². The Kier molecular flexibility index (Phi) is 6.67. The number of nitro benzene ring substituents is 1. The molecule has 0 atom stereocenters. The van der Waals surface area contributed by atoms with Gasteiger partial charge < -0.3 is 9.47 Å². The third-order valence-corrected chi connectivity index (χ3v) is 3.39. The molecular formula is C18H19N3O5. The van der Waals surface area contributed by atoms with Crippen LogP contribution in [-0.2, 0) is 0 Å². The van der Waals surface area contributed by atoms with Crippen LogP contribution in [0.25, 0.3) is 0 Å². The minimum Gasteiger partial charge on any atom is -0.493 e. The Morgan fingerprint density at radius 2 is 2.00 bits per heavy atom. The maximum absolute atomic E-state index is 12.0. The minimum atomic E-state index is -0.527. The molecular weight excluding hydrogens is 338 g/mol. The Morgan fingerprint density at radius 3 is 2.62 bits per heavy atom. The Hall–Kier alpha value is -3.42. The number of carbonyl (C=O) groups is 1. The molecule has 0 radical (unpaired) electrons. The molecule has 136 valence electrons. The number of nitro groups is 1. The highest BCUT2D eigenvalue weighted by atomic mass is 16.6. The van der Waals surface area contributed by atoms with Crippen molar-refractivity contribution in [2.75, 3.05) is 13.7 Å². The quantitative estimate of drug-likeness (QED) is 0.444. The summed E-state index contributed by atoms with van der Waals surface area (Å²) in [7, 11) is 1.55. The number of carbonyl (C=O) groups excluding carboxylic acids is 1. The molecule has 0 heterocycles. The van der Waals surface area contributed by atoms with Crippen LogP contribution in [0.2, 0.25) is 0 Å². The first-order valence-electron chi connectivity index (χ1n) is 7.94. The van der Waals surface area contributed by atoms with Crippen molar-refractivity contribution in [1.29, 1.82) is 0 Å². The second-order valence-electron chi connectivity index (χ2n) is 5.23. The summed E-state index contributed by atoms with van der Waals surface area (Å²) in [5, 5.41) is 14.6. The molecule has 0 aliphatic heterocycles. The van der Waals surface area contributed by atoms with Gasteiger partial charge in [-0.3, -0.25) is 14.9 Å². The van der Waals surface area contributed by atoms with Crippen molar-refractivity contribution in [3.05, 3.63) is 63.7 Å². The summed E-state index contributed by atoms with van der Waals surface area (Å²) in [4.78, 5) is 22.1. The Balaban J connectivity index is 2.09. The fraction of sp³-hybridized carbons (Fsp3) is 0.222. The molecule has 1 N–H and O–H groups in total. The summed E-state index contributed by atoms with van der Waals surface area (Å²) in [6.45, 7) is 2.52. The first-order valence-corrected chi connectivity index (χ1v) is 7.94. The number of rotatable bonds is 8. The van der Waals surface area contributed by atoms with Crippen molar-refractivity contribution in [2.24, 2.45) is 5.10 Å². The van der Waals surface area contributed by atoms with Gasteiger partial charge in [0.05, 0.1) is 24.9 Å². The summed E-state index contributed by atoms with van der Waals surface area (Å²) in [5.74, 6) is 0.643. The second-order valence-corrected chi connectivity index (χ2v) is 5.23. The lowest BCUT2D eigenvalue weighted by Gasteiger charge is -2.12. The predicted molar refractivity (Wildman–Crippen MR) is 96.9 cm³/mol. The van der Waals surface area contributed by atoms with E-state index in [-0.39, 0.29) is 11.3 Å². The number of para-hydroxylation sites is 1. The highest BCUT2D eigenvalue weighted by molar-refractivity contribution is 5.95. The molecule has 0 saturated heterocycles. The lowest BCUT2D eigenvalue weighted by molar-refractivity contribution is -0.384. The average Bonchev–Trinajstić information content (AvgIpc) is 2.66. The van der Waals surface area contributed by atoms with Crippen molar-refractivity contribution in [3.8, 4) is 11.5 Å². The van der Waals surface area contributed by atoms with Crippen LogP contribution in [0, 0.1) is 10.1 Å². The van der Waals surface area contributed by atoms with Gasteiger partial charge in [-0.2, -0.15) is 5.10 Å². The summed E-state index contributed by atoms with van der Waals surface area (Å²) in [6, 6.07) is 10.6. The van der Waals surface area contributed by atoms with Crippen LogP contribution in [0.1, 0.15) is 29.3 Å². The monoisotopic (exact) mass is 357 g/mol. The molecule has 2 rings (SSSR count). The molecule has 0 aliphatic carbocycles. The summed E-state index contributed by atoms with van der Waals surface area (Å²) >= 11 is 0. The summed E-state index contributed by atoms with van der Waals surface area (Å²) in [6.07, 6.45) is 2.29. The van der Waals surface area contributed by atoms with E-state index in [1.165, 1.54) is 30.5 Å². The van der Waals surface area contributed by atoms with Gasteiger partial charge in [0.25, 0.3) is 11.6 Å². The van der Waals surface area contributed by atoms with Gasteiger partial charge in [0.2, 0.25) is 0 Å². The topological polar surface area (TPSA) is 103 Å². The van der Waals surface area contributed by atoms with Gasteiger partial charge in [-0.25, -0.2) is 5.43 Å². The minimum absolute atomic E-state index is 0.0841. The number of hydrogen-bond donors (Lipinski definition) is 1. The number of hydrazone groups is 1. The molecule has 26 heavy (non-hydrogen) atoms. The lowest BCUT2D eigenvalue weighted by Crippen LogP contribution is -2.17. The first kappa shape index (κ1) is 18.9. The molecule has 0 spiro atoms. The fourth-order valence-corrected chi connectivity index (χ4v) is 2.11. The maximum atomic E-state index is 12.0. The predicted octanol–water partition coefficient (Wildman–Crippen LogP) is 3.16. The number of nitrogens with zero attached hydrogens (tertiary/aromatic N) is 2. The van der Waals surface area contributed by atoms with Crippen LogP contribution >= 0.6 is 0 Å². The molecule has 8 heteroatoms. The van der Waals surface area contributed by atoms with Gasteiger partial charge >= 0.3 is 0 Å². The Bertz CT molecular complexity index is 803. The van der Waals surface area contributed by atoms with Crippen molar-refractivity contribution in [3.63, 3.8) is 0 Å². The number of benzene rings is 2. The molecule has 1 amide bonds. The smallest absolute Gasteiger partial charge is 0.271 e. The Labute approximate surface area is 150 Å². The van der Waals surface area contributed by atoms with Crippen LogP contribution in [0.15, 0.2) is 47.6 Å². The van der Waals surface area contributed by atoms with Crippen molar-refractivity contribution >= 4 is 17.8 Å². The van der Waals surface area contributed by atoms with Crippen molar-refractivity contribution < 1.29 is 19.2 Å². The van der Waals surface area contributed by atoms with E-state index in [9.17, 15) is 14.9 Å². The molecule has 0 unspecified atom stereocenters. The van der Waals surface area contributed by atoms with Crippen LogP contribution in [0.4, 0.5) is 5.69 Å². The highest BCUT2D eigenvalue weighted by Gasteiger charge is 2.10. The van der Waals surface area contributed by atoms with Gasteiger partial charge in [0, 0.05) is 23.3 Å². The number of non-ortho nitro benzene ring substituents is 1. The van der Waals surface area contributed by atoms with E-state index in [2.05, 4.69) is 10.5 Å². The average molecular weight is 357 g/mol. The molecule has 0 fully saturated rings. The van der Waals surface area contributed by atoms with Crippen LogP contribution in [0.5, 0.6) is 11.5 Å². The normalized spacial score (nSPS) is 10.5. The maximum Gasteiger partial charge on any atom is 0.271 e.